The van der Waals surface area contributed by atoms with Crippen molar-refractivity contribution in [2.75, 3.05) is 37.7 Å². The number of aliphatic imine (C=N–C) groups is 2. The molecule has 142 valence electrons. The SMILES string of the molecule is C=C1N=C(c2ccccc2)c2cc(Cl)ccc2N2CC(N3CCOCC3)N=C12. The largest absolute Gasteiger partial charge is 0.379 e. The predicted octanol–water partition coefficient (Wildman–Crippen LogP) is 3.58. The van der Waals surface area contributed by atoms with Gasteiger partial charge in [-0.05, 0) is 18.2 Å². The Kier molecular flexibility index (Phi) is 4.51. The Hall–Kier alpha value is -2.47. The van der Waals surface area contributed by atoms with Gasteiger partial charge in [0.25, 0.3) is 0 Å². The van der Waals surface area contributed by atoms with Crippen molar-refractivity contribution in [3.8, 4) is 0 Å². The van der Waals surface area contributed by atoms with Gasteiger partial charge >= 0.3 is 0 Å². The van der Waals surface area contributed by atoms with Crippen LogP contribution in [0.3, 0.4) is 0 Å². The molecule has 0 spiro atoms. The lowest BCUT2D eigenvalue weighted by atomic mass is 10.00. The molecule has 3 heterocycles. The maximum absolute atomic E-state index is 6.36. The quantitative estimate of drug-likeness (QED) is 0.784. The second-order valence-corrected chi connectivity index (χ2v) is 7.56. The summed E-state index contributed by atoms with van der Waals surface area (Å²) in [6.07, 6.45) is 0.0904. The molecule has 1 unspecified atom stereocenters. The van der Waals surface area contributed by atoms with Gasteiger partial charge in [0, 0.05) is 29.2 Å². The van der Waals surface area contributed by atoms with Crippen molar-refractivity contribution in [1.82, 2.24) is 4.90 Å². The summed E-state index contributed by atoms with van der Waals surface area (Å²) in [4.78, 5) is 14.5. The van der Waals surface area contributed by atoms with Crippen molar-refractivity contribution >= 4 is 28.8 Å². The fourth-order valence-corrected chi connectivity index (χ4v) is 4.18. The van der Waals surface area contributed by atoms with E-state index in [9.17, 15) is 0 Å². The van der Waals surface area contributed by atoms with Crippen LogP contribution in [0.15, 0.2) is 70.8 Å². The Morgan fingerprint density at radius 1 is 1.07 bits per heavy atom. The number of halogens is 1. The molecule has 1 fully saturated rings. The Bertz CT molecular complexity index is 979. The summed E-state index contributed by atoms with van der Waals surface area (Å²) in [6, 6.07) is 16.1. The summed E-state index contributed by atoms with van der Waals surface area (Å²) in [6.45, 7) is 8.32. The number of ether oxygens (including phenoxy) is 1. The summed E-state index contributed by atoms with van der Waals surface area (Å²) in [5.41, 5.74) is 4.68. The number of amidine groups is 1. The van der Waals surface area contributed by atoms with Crippen LogP contribution >= 0.6 is 11.6 Å². The highest BCUT2D eigenvalue weighted by atomic mass is 35.5. The number of fused-ring (bicyclic) bond motifs is 3. The summed E-state index contributed by atoms with van der Waals surface area (Å²) >= 11 is 6.36. The molecule has 28 heavy (non-hydrogen) atoms. The average Bonchev–Trinajstić information content (AvgIpc) is 3.14. The molecule has 3 aliphatic rings. The van der Waals surface area contributed by atoms with Crippen LogP contribution in [0, 0.1) is 0 Å². The zero-order valence-corrected chi connectivity index (χ0v) is 16.3. The minimum atomic E-state index is 0.0904. The molecule has 0 aliphatic carbocycles. The van der Waals surface area contributed by atoms with E-state index < -0.39 is 0 Å². The van der Waals surface area contributed by atoms with E-state index in [1.807, 2.05) is 30.3 Å². The maximum atomic E-state index is 6.36. The first-order valence-electron chi connectivity index (χ1n) is 9.51. The number of benzene rings is 2. The molecule has 0 amide bonds. The van der Waals surface area contributed by atoms with Gasteiger partial charge in [-0.2, -0.15) is 0 Å². The lowest BCUT2D eigenvalue weighted by Gasteiger charge is -2.31. The number of nitrogens with zero attached hydrogens (tertiary/aromatic N) is 4. The smallest absolute Gasteiger partial charge is 0.155 e. The molecular formula is C22H21ClN4O. The van der Waals surface area contributed by atoms with E-state index in [4.69, 9.17) is 26.3 Å². The average molecular weight is 393 g/mol. The molecule has 5 rings (SSSR count). The molecular weight excluding hydrogens is 372 g/mol. The molecule has 0 aromatic heterocycles. The fraction of sp³-hybridized carbons (Fsp3) is 0.273. The molecule has 0 radical (unpaired) electrons. The third-order valence-electron chi connectivity index (χ3n) is 5.40. The number of hydrogen-bond acceptors (Lipinski definition) is 5. The lowest BCUT2D eigenvalue weighted by Crippen LogP contribution is -2.45. The first kappa shape index (κ1) is 17.6. The highest BCUT2D eigenvalue weighted by Gasteiger charge is 2.35. The molecule has 1 atom stereocenters. The van der Waals surface area contributed by atoms with Crippen LogP contribution in [0.25, 0.3) is 0 Å². The monoisotopic (exact) mass is 392 g/mol. The van der Waals surface area contributed by atoms with Crippen LogP contribution in [0.2, 0.25) is 5.02 Å². The van der Waals surface area contributed by atoms with E-state index in [1.165, 1.54) is 0 Å². The van der Waals surface area contributed by atoms with E-state index in [1.54, 1.807) is 0 Å². The number of anilines is 1. The lowest BCUT2D eigenvalue weighted by molar-refractivity contribution is 0.0216. The number of rotatable bonds is 2. The van der Waals surface area contributed by atoms with Gasteiger partial charge in [0.2, 0.25) is 0 Å². The van der Waals surface area contributed by atoms with Gasteiger partial charge < -0.3 is 9.64 Å². The van der Waals surface area contributed by atoms with Crippen LogP contribution < -0.4 is 4.90 Å². The molecule has 0 saturated carbocycles. The standard InChI is InChI=1S/C22H21ClN4O/c1-15-22-25-20(26-9-11-28-12-10-26)14-27(22)19-8-7-17(23)13-18(19)21(24-15)16-5-3-2-4-6-16/h2-8,13,20H,1,9-12,14H2. The number of hydrogen-bond donors (Lipinski definition) is 0. The van der Waals surface area contributed by atoms with Crippen molar-refractivity contribution in [3.63, 3.8) is 0 Å². The van der Waals surface area contributed by atoms with Crippen molar-refractivity contribution in [2.24, 2.45) is 9.98 Å². The topological polar surface area (TPSA) is 40.4 Å². The molecule has 6 heteroatoms. The predicted molar refractivity (Wildman–Crippen MR) is 114 cm³/mol. The molecule has 1 saturated heterocycles. The van der Waals surface area contributed by atoms with Crippen molar-refractivity contribution in [3.05, 3.63) is 77.0 Å². The van der Waals surface area contributed by atoms with E-state index in [-0.39, 0.29) is 6.17 Å². The maximum Gasteiger partial charge on any atom is 0.155 e. The van der Waals surface area contributed by atoms with Gasteiger partial charge in [-0.3, -0.25) is 4.90 Å². The second-order valence-electron chi connectivity index (χ2n) is 7.13. The zero-order valence-electron chi connectivity index (χ0n) is 15.5. The van der Waals surface area contributed by atoms with E-state index >= 15 is 0 Å². The second kappa shape index (κ2) is 7.17. The van der Waals surface area contributed by atoms with Crippen LogP contribution in [0.5, 0.6) is 0 Å². The summed E-state index contributed by atoms with van der Waals surface area (Å²) in [7, 11) is 0. The van der Waals surface area contributed by atoms with Crippen LogP contribution in [-0.4, -0.2) is 55.5 Å². The van der Waals surface area contributed by atoms with Crippen LogP contribution in [0.4, 0.5) is 5.69 Å². The Labute approximate surface area is 169 Å². The summed E-state index contributed by atoms with van der Waals surface area (Å²) in [5.74, 6) is 0.839. The Balaban J connectivity index is 1.61. The van der Waals surface area contributed by atoms with E-state index in [2.05, 4.69) is 34.6 Å². The minimum Gasteiger partial charge on any atom is -0.379 e. The van der Waals surface area contributed by atoms with Crippen molar-refractivity contribution in [2.45, 2.75) is 6.17 Å². The Morgan fingerprint density at radius 3 is 2.64 bits per heavy atom. The van der Waals surface area contributed by atoms with Gasteiger partial charge in [0.1, 0.15) is 6.17 Å². The van der Waals surface area contributed by atoms with E-state index in [0.717, 1.165) is 61.2 Å². The van der Waals surface area contributed by atoms with Crippen molar-refractivity contribution in [1.29, 1.82) is 0 Å². The summed E-state index contributed by atoms with van der Waals surface area (Å²) < 4.78 is 5.49. The third-order valence-corrected chi connectivity index (χ3v) is 5.63. The minimum absolute atomic E-state index is 0.0904. The van der Waals surface area contributed by atoms with Gasteiger partial charge in [-0.15, -0.1) is 0 Å². The molecule has 3 aliphatic heterocycles. The van der Waals surface area contributed by atoms with Gasteiger partial charge in [-0.1, -0.05) is 48.5 Å². The number of morpholine rings is 1. The van der Waals surface area contributed by atoms with Gasteiger partial charge in [0.05, 0.1) is 36.9 Å². The zero-order chi connectivity index (χ0) is 19.1. The third kappa shape index (κ3) is 3.05. The van der Waals surface area contributed by atoms with Gasteiger partial charge in [-0.25, -0.2) is 9.98 Å². The highest BCUT2D eigenvalue weighted by molar-refractivity contribution is 6.32. The molecule has 5 nitrogen and oxygen atoms in total. The van der Waals surface area contributed by atoms with Crippen molar-refractivity contribution < 1.29 is 4.74 Å². The molecule has 2 aromatic carbocycles. The van der Waals surface area contributed by atoms with E-state index in [0.29, 0.717) is 10.7 Å². The highest BCUT2D eigenvalue weighted by Crippen LogP contribution is 2.34. The molecule has 2 aromatic rings. The summed E-state index contributed by atoms with van der Waals surface area (Å²) in [5, 5.41) is 0.692. The Morgan fingerprint density at radius 2 is 1.86 bits per heavy atom. The van der Waals surface area contributed by atoms with Gasteiger partial charge in [0.15, 0.2) is 5.84 Å². The first-order chi connectivity index (χ1) is 13.7. The van der Waals surface area contributed by atoms with Crippen LogP contribution in [0.1, 0.15) is 11.1 Å². The van der Waals surface area contributed by atoms with Crippen LogP contribution in [-0.2, 0) is 4.74 Å². The normalized spacial score (nSPS) is 22.2. The molecule has 0 bridgehead atoms. The first-order valence-corrected chi connectivity index (χ1v) is 9.89. The molecule has 0 N–H and O–H groups in total. The fourth-order valence-electron chi connectivity index (χ4n) is 4.01.